The summed E-state index contributed by atoms with van der Waals surface area (Å²) in [6.07, 6.45) is 4.47. The molecule has 1 aliphatic carbocycles. The van der Waals surface area contributed by atoms with E-state index in [4.69, 9.17) is 0 Å². The van der Waals surface area contributed by atoms with E-state index in [0.29, 0.717) is 24.8 Å². The molecule has 1 saturated carbocycles. The number of hydrogen-bond donors (Lipinski definition) is 1. The summed E-state index contributed by atoms with van der Waals surface area (Å²) in [5, 5.41) is 2.99. The second-order valence-corrected chi connectivity index (χ2v) is 8.05. The molecular weight excluding hydrogens is 409 g/mol. The van der Waals surface area contributed by atoms with Crippen molar-refractivity contribution in [3.8, 4) is 5.75 Å². The molecule has 1 aromatic carbocycles. The molecule has 0 spiro atoms. The topological polar surface area (TPSA) is 67.3 Å². The van der Waals surface area contributed by atoms with E-state index in [1.165, 1.54) is 18.6 Å². The molecule has 2 aromatic rings. The number of aromatic nitrogens is 2. The maximum absolute atomic E-state index is 13.0. The van der Waals surface area contributed by atoms with Crippen molar-refractivity contribution >= 4 is 11.9 Å². The number of halogens is 3. The van der Waals surface area contributed by atoms with Crippen LogP contribution in [0.25, 0.3) is 0 Å². The lowest BCUT2D eigenvalue weighted by atomic mass is 9.85. The molecule has 1 saturated heterocycles. The van der Waals surface area contributed by atoms with Crippen LogP contribution in [0.1, 0.15) is 37.7 Å². The van der Waals surface area contributed by atoms with E-state index in [2.05, 4.69) is 24.9 Å². The average molecular weight is 434 g/mol. The van der Waals surface area contributed by atoms with E-state index in [9.17, 15) is 18.0 Å². The molecule has 3 atom stereocenters. The molecule has 1 aromatic heterocycles. The van der Waals surface area contributed by atoms with Crippen LogP contribution in [-0.4, -0.2) is 40.9 Å². The van der Waals surface area contributed by atoms with Crippen molar-refractivity contribution in [3.63, 3.8) is 0 Å². The van der Waals surface area contributed by atoms with Gasteiger partial charge in [-0.2, -0.15) is 0 Å². The summed E-state index contributed by atoms with van der Waals surface area (Å²) in [6.45, 7) is 0.396. The van der Waals surface area contributed by atoms with Gasteiger partial charge in [0.15, 0.2) is 0 Å². The Morgan fingerprint density at radius 2 is 1.84 bits per heavy atom. The minimum absolute atomic E-state index is 0.0566. The predicted octanol–water partition coefficient (Wildman–Crippen LogP) is 3.87. The Balaban J connectivity index is 1.36. The molecule has 1 amide bonds. The molecule has 6 nitrogen and oxygen atoms in total. The maximum atomic E-state index is 13.0. The number of nitrogens with zero attached hydrogens (tertiary/aromatic N) is 3. The molecule has 4 rings (SSSR count). The summed E-state index contributed by atoms with van der Waals surface area (Å²) in [6, 6.07) is 7.44. The number of hydrogen-bond acceptors (Lipinski definition) is 5. The largest absolute Gasteiger partial charge is 0.573 e. The summed E-state index contributed by atoms with van der Waals surface area (Å²) >= 11 is 0. The van der Waals surface area contributed by atoms with Crippen molar-refractivity contribution in [3.05, 3.63) is 48.3 Å². The fraction of sp³-hybridized carbons (Fsp3) is 0.500. The molecule has 1 aliphatic heterocycles. The number of alkyl halides is 3. The first-order valence-electron chi connectivity index (χ1n) is 10.6. The van der Waals surface area contributed by atoms with Gasteiger partial charge in [-0.1, -0.05) is 25.0 Å². The summed E-state index contributed by atoms with van der Waals surface area (Å²) in [4.78, 5) is 23.9. The van der Waals surface area contributed by atoms with Gasteiger partial charge in [0, 0.05) is 25.0 Å². The summed E-state index contributed by atoms with van der Waals surface area (Å²) < 4.78 is 40.7. The van der Waals surface area contributed by atoms with Crippen molar-refractivity contribution in [1.29, 1.82) is 0 Å². The lowest BCUT2D eigenvalue weighted by molar-refractivity contribution is -0.274. The fourth-order valence-corrected chi connectivity index (χ4v) is 4.71. The van der Waals surface area contributed by atoms with Gasteiger partial charge >= 0.3 is 6.36 Å². The first kappa shape index (κ1) is 21.4. The van der Waals surface area contributed by atoms with Crippen molar-refractivity contribution in [2.24, 2.45) is 5.92 Å². The lowest BCUT2D eigenvalue weighted by Crippen LogP contribution is -2.48. The Morgan fingerprint density at radius 1 is 1.13 bits per heavy atom. The molecular formula is C22H25F3N4O2. The van der Waals surface area contributed by atoms with Crippen molar-refractivity contribution in [1.82, 2.24) is 15.3 Å². The van der Waals surface area contributed by atoms with Crippen LogP contribution in [0, 0.1) is 5.92 Å². The van der Waals surface area contributed by atoms with Gasteiger partial charge < -0.3 is 15.0 Å². The lowest BCUT2D eigenvalue weighted by Gasteiger charge is -2.33. The number of rotatable bonds is 6. The molecule has 0 unspecified atom stereocenters. The van der Waals surface area contributed by atoms with Gasteiger partial charge in [0.1, 0.15) is 11.8 Å². The summed E-state index contributed by atoms with van der Waals surface area (Å²) in [5.41, 5.74) is 0.818. The Hall–Kier alpha value is -2.84. The zero-order chi connectivity index (χ0) is 21.8. The average Bonchev–Trinajstić information content (AvgIpc) is 3.14. The van der Waals surface area contributed by atoms with Crippen molar-refractivity contribution in [2.75, 3.05) is 11.4 Å². The third-order valence-corrected chi connectivity index (χ3v) is 6.04. The zero-order valence-electron chi connectivity index (χ0n) is 17.0. The van der Waals surface area contributed by atoms with E-state index >= 15 is 0 Å². The Kier molecular flexibility index (Phi) is 6.29. The molecule has 31 heavy (non-hydrogen) atoms. The minimum Gasteiger partial charge on any atom is -0.406 e. The molecule has 9 heteroatoms. The van der Waals surface area contributed by atoms with E-state index in [1.54, 1.807) is 30.6 Å². The van der Waals surface area contributed by atoms with Crippen LogP contribution in [0.2, 0.25) is 0 Å². The Bertz CT molecular complexity index is 877. The highest BCUT2D eigenvalue weighted by Crippen LogP contribution is 2.41. The normalized spacial score (nSPS) is 23.3. The third-order valence-electron chi connectivity index (χ3n) is 6.04. The SMILES string of the molecule is O=C(NCCc1ccc(OC(F)(F)F)cc1)[C@@H]1C[C@@H]2CCCC[C@@H]2N1c1ncccn1. The molecule has 0 bridgehead atoms. The highest BCUT2D eigenvalue weighted by molar-refractivity contribution is 5.85. The molecule has 2 aliphatic rings. The van der Waals surface area contributed by atoms with E-state index in [0.717, 1.165) is 31.2 Å². The predicted molar refractivity (Wildman–Crippen MR) is 109 cm³/mol. The van der Waals surface area contributed by atoms with Gasteiger partial charge in [-0.15, -0.1) is 13.2 Å². The number of benzene rings is 1. The maximum Gasteiger partial charge on any atom is 0.573 e. The highest BCUT2D eigenvalue weighted by Gasteiger charge is 2.46. The first-order chi connectivity index (χ1) is 14.9. The van der Waals surface area contributed by atoms with Gasteiger partial charge in [-0.3, -0.25) is 4.79 Å². The highest BCUT2D eigenvalue weighted by atomic mass is 19.4. The molecule has 1 N–H and O–H groups in total. The van der Waals surface area contributed by atoms with Gasteiger partial charge in [-0.25, -0.2) is 9.97 Å². The summed E-state index contributed by atoms with van der Waals surface area (Å²) in [7, 11) is 0. The number of fused-ring (bicyclic) bond motifs is 1. The zero-order valence-corrected chi connectivity index (χ0v) is 17.0. The van der Waals surface area contributed by atoms with Gasteiger partial charge in [0.05, 0.1) is 0 Å². The number of amides is 1. The standard InChI is InChI=1S/C22H25F3N4O2/c23-22(24,25)31-17-8-6-15(7-9-17)10-13-26-20(30)19-14-16-4-1-2-5-18(16)29(19)21-27-11-3-12-28-21/h3,6-9,11-12,16,18-19H,1-2,4-5,10,13-14H2,(H,26,30)/t16-,18-,19-/m0/s1. The van der Waals surface area contributed by atoms with Crippen LogP contribution in [0.3, 0.4) is 0 Å². The second-order valence-electron chi connectivity index (χ2n) is 8.05. The summed E-state index contributed by atoms with van der Waals surface area (Å²) in [5.74, 6) is 0.748. The molecule has 2 heterocycles. The van der Waals surface area contributed by atoms with E-state index in [1.807, 2.05) is 0 Å². The van der Waals surface area contributed by atoms with E-state index < -0.39 is 6.36 Å². The number of carbonyl (C=O) groups excluding carboxylic acids is 1. The van der Waals surface area contributed by atoms with Crippen LogP contribution in [0.4, 0.5) is 19.1 Å². The number of nitrogens with one attached hydrogen (secondary N) is 1. The van der Waals surface area contributed by atoms with Crippen molar-refractivity contribution < 1.29 is 22.7 Å². The Morgan fingerprint density at radius 3 is 2.55 bits per heavy atom. The minimum atomic E-state index is -4.71. The molecule has 0 radical (unpaired) electrons. The Labute approximate surface area is 178 Å². The van der Waals surface area contributed by atoms with Crippen LogP contribution in [0.5, 0.6) is 5.75 Å². The number of carbonyl (C=O) groups is 1. The third kappa shape index (κ3) is 5.26. The van der Waals surface area contributed by atoms with Crippen LogP contribution in [0.15, 0.2) is 42.7 Å². The van der Waals surface area contributed by atoms with Crippen molar-refractivity contribution in [2.45, 2.75) is 57.0 Å². The molecule has 2 fully saturated rings. The number of ether oxygens (including phenoxy) is 1. The first-order valence-corrected chi connectivity index (χ1v) is 10.6. The number of anilines is 1. The second kappa shape index (κ2) is 9.11. The smallest absolute Gasteiger partial charge is 0.406 e. The molecule has 166 valence electrons. The van der Waals surface area contributed by atoms with E-state index in [-0.39, 0.29) is 23.7 Å². The van der Waals surface area contributed by atoms with Crippen LogP contribution < -0.4 is 15.0 Å². The van der Waals surface area contributed by atoms with Crippen LogP contribution >= 0.6 is 0 Å². The van der Waals surface area contributed by atoms with Gasteiger partial charge in [0.2, 0.25) is 11.9 Å². The van der Waals surface area contributed by atoms with Crippen LogP contribution in [-0.2, 0) is 11.2 Å². The fourth-order valence-electron chi connectivity index (χ4n) is 4.71. The monoisotopic (exact) mass is 434 g/mol. The quantitative estimate of drug-likeness (QED) is 0.748. The van der Waals surface area contributed by atoms with Gasteiger partial charge in [0.25, 0.3) is 0 Å². The van der Waals surface area contributed by atoms with Gasteiger partial charge in [-0.05, 0) is 55.4 Å².